The highest BCUT2D eigenvalue weighted by molar-refractivity contribution is 5.96. The molecule has 6 heteroatoms. The summed E-state index contributed by atoms with van der Waals surface area (Å²) in [6.07, 6.45) is 3.39. The van der Waals surface area contributed by atoms with Crippen molar-refractivity contribution in [2.24, 2.45) is 10.8 Å². The number of hydrazine groups is 1. The van der Waals surface area contributed by atoms with Gasteiger partial charge in [0.15, 0.2) is 5.69 Å². The normalized spacial score (nSPS) is 14.2. The van der Waals surface area contributed by atoms with Crippen LogP contribution in [0.3, 0.4) is 0 Å². The maximum Gasteiger partial charge on any atom is 0.292 e. The summed E-state index contributed by atoms with van der Waals surface area (Å²) < 4.78 is 1.76. The van der Waals surface area contributed by atoms with Crippen LogP contribution in [0.1, 0.15) is 21.5 Å². The van der Waals surface area contributed by atoms with Gasteiger partial charge in [0.1, 0.15) is 12.0 Å². The van der Waals surface area contributed by atoms with Crippen molar-refractivity contribution in [1.82, 2.24) is 5.43 Å². The third-order valence-corrected chi connectivity index (χ3v) is 3.43. The number of phenolic OH excluding ortho intramolecular Hbond substituents is 1. The molecule has 1 aliphatic rings. The fourth-order valence-corrected chi connectivity index (χ4v) is 2.27. The van der Waals surface area contributed by atoms with Crippen molar-refractivity contribution in [2.45, 2.75) is 6.92 Å². The summed E-state index contributed by atoms with van der Waals surface area (Å²) in [4.78, 5) is 15.9. The van der Waals surface area contributed by atoms with Crippen LogP contribution in [0.2, 0.25) is 0 Å². The van der Waals surface area contributed by atoms with Gasteiger partial charge < -0.3 is 5.11 Å². The van der Waals surface area contributed by atoms with Gasteiger partial charge in [-0.05, 0) is 41.7 Å². The first-order valence-electron chi connectivity index (χ1n) is 6.70. The number of carbonyl (C=O) groups excluding carboxylic acids is 1. The number of fused-ring (bicyclic) bond motifs is 1. The summed E-state index contributed by atoms with van der Waals surface area (Å²) in [5, 5.41) is 10.00. The van der Waals surface area contributed by atoms with Gasteiger partial charge in [-0.3, -0.25) is 10.2 Å². The predicted octanol–water partition coefficient (Wildman–Crippen LogP) is 1.74. The van der Waals surface area contributed by atoms with Gasteiger partial charge in [0.2, 0.25) is 5.69 Å². The lowest BCUT2D eigenvalue weighted by Crippen LogP contribution is -2.29. The number of hydrogen-bond acceptors (Lipinski definition) is 4. The van der Waals surface area contributed by atoms with Gasteiger partial charge in [-0.25, -0.2) is 5.84 Å². The molecule has 2 aromatic rings. The molecule has 1 aliphatic heterocycles. The van der Waals surface area contributed by atoms with Crippen LogP contribution in [0.5, 0.6) is 5.75 Å². The van der Waals surface area contributed by atoms with E-state index in [2.05, 4.69) is 10.4 Å². The number of hydrogen-bond donors (Lipinski definition) is 3. The fourth-order valence-electron chi connectivity index (χ4n) is 2.27. The van der Waals surface area contributed by atoms with E-state index in [1.54, 1.807) is 41.4 Å². The number of nitrogen functional groups attached to an aromatic ring is 1. The summed E-state index contributed by atoms with van der Waals surface area (Å²) >= 11 is 0. The highest BCUT2D eigenvalue weighted by Crippen LogP contribution is 2.32. The van der Waals surface area contributed by atoms with E-state index < -0.39 is 0 Å². The zero-order chi connectivity index (χ0) is 15.7. The van der Waals surface area contributed by atoms with Gasteiger partial charge in [0.05, 0.1) is 5.56 Å². The second-order valence-electron chi connectivity index (χ2n) is 5.02. The lowest BCUT2D eigenvalue weighted by atomic mass is 10.1. The van der Waals surface area contributed by atoms with Crippen molar-refractivity contribution in [3.8, 4) is 5.75 Å². The molecule has 1 heterocycles. The molecule has 0 unspecified atom stereocenters. The fraction of sp³-hybridized carbons (Fsp3) is 0.0625. The lowest BCUT2D eigenvalue weighted by molar-refractivity contribution is -0.282. The second kappa shape index (κ2) is 5.42. The van der Waals surface area contributed by atoms with Crippen molar-refractivity contribution in [3.05, 3.63) is 53.1 Å². The Kier molecular flexibility index (Phi) is 3.44. The van der Waals surface area contributed by atoms with Gasteiger partial charge in [0.25, 0.3) is 12.2 Å². The molecule has 6 nitrogen and oxygen atoms in total. The van der Waals surface area contributed by atoms with Crippen molar-refractivity contribution >= 4 is 29.8 Å². The Bertz CT molecular complexity index is 825. The smallest absolute Gasteiger partial charge is 0.292 e. The quantitative estimate of drug-likeness (QED) is 0.341. The first-order chi connectivity index (χ1) is 10.6. The van der Waals surface area contributed by atoms with Crippen LogP contribution < -0.4 is 11.3 Å². The van der Waals surface area contributed by atoms with E-state index >= 15 is 0 Å². The van der Waals surface area contributed by atoms with E-state index in [0.29, 0.717) is 11.1 Å². The number of aromatic hydroxyl groups is 1. The van der Waals surface area contributed by atoms with Crippen molar-refractivity contribution in [3.63, 3.8) is 0 Å². The monoisotopic (exact) mass is 295 g/mol. The van der Waals surface area contributed by atoms with Crippen LogP contribution in [0.15, 0.2) is 41.4 Å². The Labute approximate surface area is 127 Å². The largest absolute Gasteiger partial charge is 0.507 e. The first-order valence-corrected chi connectivity index (χ1v) is 6.70. The highest BCUT2D eigenvalue weighted by Gasteiger charge is 2.22. The molecule has 0 aromatic heterocycles. The second-order valence-corrected chi connectivity index (χ2v) is 5.02. The number of phenols is 1. The standard InChI is InChI=1S/C16H14N4O2/c1-10-2-3-12(15(21)6-10)8-20-9-18-13-5-4-11(7-14(13)20)16(22)19-17/h2-9H,17H2,1H3,(H,19,22)/p+1. The molecule has 0 atom stereocenters. The number of rotatable bonds is 2. The van der Waals surface area contributed by atoms with Gasteiger partial charge >= 0.3 is 0 Å². The molecule has 1 amide bonds. The molecule has 2 aromatic carbocycles. The van der Waals surface area contributed by atoms with Crippen molar-refractivity contribution in [2.75, 3.05) is 0 Å². The highest BCUT2D eigenvalue weighted by atomic mass is 16.3. The molecule has 0 fully saturated rings. The number of carbonyl (C=O) groups is 1. The summed E-state index contributed by atoms with van der Waals surface area (Å²) in [5.41, 5.74) is 5.69. The molecule has 22 heavy (non-hydrogen) atoms. The van der Waals surface area contributed by atoms with Crippen LogP contribution in [0.25, 0.3) is 0 Å². The molecule has 0 radical (unpaired) electrons. The van der Waals surface area contributed by atoms with Crippen LogP contribution in [0, 0.1) is 6.92 Å². The molecular weight excluding hydrogens is 280 g/mol. The molecule has 3 rings (SSSR count). The lowest BCUT2D eigenvalue weighted by Gasteiger charge is -2.02. The van der Waals surface area contributed by atoms with E-state index in [9.17, 15) is 9.90 Å². The van der Waals surface area contributed by atoms with Gasteiger partial charge in [0, 0.05) is 11.6 Å². The minimum Gasteiger partial charge on any atom is -0.507 e. The Morgan fingerprint density at radius 3 is 2.86 bits per heavy atom. The number of benzene rings is 2. The number of aryl methyl sites for hydroxylation is 1. The summed E-state index contributed by atoms with van der Waals surface area (Å²) in [6, 6.07) is 10.5. The van der Waals surface area contributed by atoms with E-state index in [0.717, 1.165) is 16.9 Å². The predicted molar refractivity (Wildman–Crippen MR) is 84.2 cm³/mol. The zero-order valence-corrected chi connectivity index (χ0v) is 11.9. The molecule has 110 valence electrons. The van der Waals surface area contributed by atoms with E-state index in [1.165, 1.54) is 0 Å². The Morgan fingerprint density at radius 1 is 1.32 bits per heavy atom. The molecule has 0 saturated carbocycles. The van der Waals surface area contributed by atoms with Gasteiger partial charge in [-0.15, -0.1) is 0 Å². The minimum absolute atomic E-state index is 0.192. The molecule has 0 spiro atoms. The Morgan fingerprint density at radius 2 is 2.14 bits per heavy atom. The van der Waals surface area contributed by atoms with Gasteiger partial charge in [-0.1, -0.05) is 6.07 Å². The number of nitrogens with zero attached hydrogens (tertiary/aromatic N) is 2. The molecule has 4 N–H and O–H groups in total. The molecule has 0 aliphatic carbocycles. The maximum atomic E-state index is 11.6. The maximum absolute atomic E-state index is 11.6. The molecule has 0 bridgehead atoms. The van der Waals surface area contributed by atoms with Gasteiger partial charge in [-0.2, -0.15) is 4.58 Å². The van der Waals surface area contributed by atoms with E-state index in [1.807, 2.05) is 19.1 Å². The third-order valence-electron chi connectivity index (χ3n) is 3.43. The Hall–Kier alpha value is -2.99. The number of amides is 1. The van der Waals surface area contributed by atoms with Crippen molar-refractivity contribution in [1.29, 1.82) is 0 Å². The molecule has 0 saturated heterocycles. The zero-order valence-electron chi connectivity index (χ0n) is 11.9. The average Bonchev–Trinajstić information content (AvgIpc) is 2.91. The number of nitrogens with one attached hydrogen (secondary N) is 1. The summed E-state index contributed by atoms with van der Waals surface area (Å²) in [5.74, 6) is 4.98. The minimum atomic E-state index is -0.368. The SMILES string of the molecule is Cc1ccc(C=[N+]2C=Nc3ccc(C(=O)NN)cc32)c(O)c1. The third kappa shape index (κ3) is 2.47. The van der Waals surface area contributed by atoms with E-state index in [4.69, 9.17) is 5.84 Å². The van der Waals surface area contributed by atoms with Crippen LogP contribution in [0.4, 0.5) is 11.4 Å². The average molecular weight is 295 g/mol. The topological polar surface area (TPSA) is 90.7 Å². The summed E-state index contributed by atoms with van der Waals surface area (Å²) in [7, 11) is 0. The summed E-state index contributed by atoms with van der Waals surface area (Å²) in [6.45, 7) is 1.91. The van der Waals surface area contributed by atoms with Crippen LogP contribution in [-0.4, -0.2) is 28.1 Å². The van der Waals surface area contributed by atoms with Crippen LogP contribution in [-0.2, 0) is 0 Å². The van der Waals surface area contributed by atoms with Crippen molar-refractivity contribution < 1.29 is 14.5 Å². The number of aliphatic imine (C=N–C) groups is 1. The van der Waals surface area contributed by atoms with Crippen LogP contribution >= 0.6 is 0 Å². The molecular formula is C16H15N4O2+. The number of nitrogens with two attached hydrogens (primary N) is 1. The van der Waals surface area contributed by atoms with E-state index in [-0.39, 0.29) is 11.7 Å². The first kappa shape index (κ1) is 14.0. The Balaban J connectivity index is 2.04.